The molecule has 0 saturated carbocycles. The second kappa shape index (κ2) is 24.7. The van der Waals surface area contributed by atoms with Gasteiger partial charge in [0.25, 0.3) is 0 Å². The minimum Gasteiger partial charge on any atom is -0.309 e. The number of rotatable bonds is 12. The summed E-state index contributed by atoms with van der Waals surface area (Å²) in [5, 5.41) is 9.27. The van der Waals surface area contributed by atoms with Gasteiger partial charge in [0.2, 0.25) is 0 Å². The molecule has 0 radical (unpaired) electrons. The average Bonchev–Trinajstić information content (AvgIpc) is 1.23. The van der Waals surface area contributed by atoms with Crippen LogP contribution in [0.2, 0.25) is 0 Å². The van der Waals surface area contributed by atoms with Crippen LogP contribution in [0.25, 0.3) is 201 Å². The second-order valence-corrected chi connectivity index (χ2v) is 26.9. The predicted octanol–water partition coefficient (Wildman–Crippen LogP) is 23.8. The number of benzene rings is 15. The Balaban J connectivity index is 0.729. The van der Waals surface area contributed by atoms with Crippen LogP contribution in [0.3, 0.4) is 0 Å². The van der Waals surface area contributed by atoms with Crippen molar-refractivity contribution >= 4 is 87.2 Å². The third kappa shape index (κ3) is 9.88. The van der Waals surface area contributed by atoms with Gasteiger partial charge in [-0.05, 0) is 125 Å². The number of hydrogen-bond acceptors (Lipinski definition) is 6. The molecule has 0 unspecified atom stereocenters. The van der Waals surface area contributed by atoms with E-state index in [2.05, 4.69) is 328 Å². The van der Waals surface area contributed by atoms with Crippen LogP contribution in [0.15, 0.2) is 364 Å². The normalized spacial score (nSPS) is 11.8. The standard InChI is InChI=1S/C96H60N10/c1-5-27-61(28-6-1)91-97-92(62-29-7-2-8-30-62)101-96(100-91)78-55-53-69(104-80-44-19-13-37-71(80)72-38-14-20-45-81(72)104)60-89(78)106-84-48-23-17-41-76(84)90-70(43-26-50-87(90)106)66-33-25-34-67(57-66)94-98-93(63-31-9-3-10-32-63)99-95(102-94)77-42-18-24-49-85(77)105-83-47-22-15-39-73(83)75-54-51-65(59-88(75)105)64-52-56-86-79(58-64)74-40-16-21-46-82(74)103(86)68-35-11-4-12-36-68/h1-60H. The van der Waals surface area contributed by atoms with Crippen molar-refractivity contribution in [3.63, 3.8) is 0 Å². The van der Waals surface area contributed by atoms with E-state index in [1.807, 2.05) is 54.6 Å². The van der Waals surface area contributed by atoms with Gasteiger partial charge in [-0.15, -0.1) is 0 Å². The molecular weight excluding hydrogens is 1290 g/mol. The largest absolute Gasteiger partial charge is 0.309 e. The highest BCUT2D eigenvalue weighted by Crippen LogP contribution is 2.45. The predicted molar refractivity (Wildman–Crippen MR) is 434 cm³/mol. The molecule has 0 bridgehead atoms. The maximum absolute atomic E-state index is 5.56. The van der Waals surface area contributed by atoms with Crippen molar-refractivity contribution in [2.45, 2.75) is 0 Å². The lowest BCUT2D eigenvalue weighted by Gasteiger charge is -2.17. The number of para-hydroxylation sites is 7. The fourth-order valence-electron chi connectivity index (χ4n) is 16.1. The Hall–Kier alpha value is -14.5. The van der Waals surface area contributed by atoms with Gasteiger partial charge in [-0.2, -0.15) is 0 Å². The Morgan fingerprint density at radius 1 is 0.160 bits per heavy atom. The van der Waals surface area contributed by atoms with Crippen molar-refractivity contribution in [3.8, 4) is 113 Å². The summed E-state index contributed by atoms with van der Waals surface area (Å²) in [7, 11) is 0. The summed E-state index contributed by atoms with van der Waals surface area (Å²) in [5.41, 5.74) is 22.3. The fourth-order valence-corrected chi connectivity index (χ4v) is 16.1. The van der Waals surface area contributed by atoms with Gasteiger partial charge in [-0.25, -0.2) is 29.9 Å². The number of aromatic nitrogens is 10. The van der Waals surface area contributed by atoms with E-state index < -0.39 is 0 Å². The van der Waals surface area contributed by atoms with Crippen LogP contribution in [0.1, 0.15) is 0 Å². The maximum Gasteiger partial charge on any atom is 0.166 e. The molecule has 0 fully saturated rings. The van der Waals surface area contributed by atoms with E-state index in [0.29, 0.717) is 34.9 Å². The Morgan fingerprint density at radius 3 is 1.13 bits per heavy atom. The summed E-state index contributed by atoms with van der Waals surface area (Å²) in [4.78, 5) is 32.3. The molecule has 0 N–H and O–H groups in total. The van der Waals surface area contributed by atoms with Crippen LogP contribution in [-0.2, 0) is 0 Å². The van der Waals surface area contributed by atoms with Crippen LogP contribution in [0, 0.1) is 0 Å². The van der Waals surface area contributed by atoms with Gasteiger partial charge in [-0.1, -0.05) is 261 Å². The molecule has 21 rings (SSSR count). The van der Waals surface area contributed by atoms with Crippen LogP contribution in [-0.4, -0.2) is 48.2 Å². The van der Waals surface area contributed by atoms with E-state index >= 15 is 0 Å². The van der Waals surface area contributed by atoms with Gasteiger partial charge in [0.1, 0.15) is 0 Å². The zero-order valence-electron chi connectivity index (χ0n) is 57.1. The molecule has 15 aromatic carbocycles. The van der Waals surface area contributed by atoms with Crippen LogP contribution >= 0.6 is 0 Å². The van der Waals surface area contributed by atoms with E-state index in [9.17, 15) is 0 Å². The van der Waals surface area contributed by atoms with Gasteiger partial charge < -0.3 is 18.3 Å². The minimum atomic E-state index is 0.553. The summed E-state index contributed by atoms with van der Waals surface area (Å²) in [6.07, 6.45) is 0. The highest BCUT2D eigenvalue weighted by Gasteiger charge is 2.26. The Bertz CT molecular complexity index is 6960. The molecule has 0 aliphatic heterocycles. The van der Waals surface area contributed by atoms with Crippen molar-refractivity contribution in [1.29, 1.82) is 0 Å². The van der Waals surface area contributed by atoms with E-state index in [-0.39, 0.29) is 0 Å². The number of fused-ring (bicyclic) bond motifs is 12. The zero-order chi connectivity index (χ0) is 69.8. The van der Waals surface area contributed by atoms with Crippen molar-refractivity contribution < 1.29 is 0 Å². The monoisotopic (exact) mass is 1350 g/mol. The lowest BCUT2D eigenvalue weighted by Crippen LogP contribution is -2.05. The highest BCUT2D eigenvalue weighted by molar-refractivity contribution is 6.17. The average molecular weight is 1350 g/mol. The smallest absolute Gasteiger partial charge is 0.166 e. The van der Waals surface area contributed by atoms with Crippen LogP contribution in [0.5, 0.6) is 0 Å². The van der Waals surface area contributed by atoms with Gasteiger partial charge in [0.05, 0.1) is 55.5 Å². The third-order valence-corrected chi connectivity index (χ3v) is 20.9. The Labute approximate surface area is 609 Å². The first-order valence-electron chi connectivity index (χ1n) is 35.8. The van der Waals surface area contributed by atoms with E-state index in [4.69, 9.17) is 29.9 Å². The van der Waals surface area contributed by atoms with Crippen molar-refractivity contribution in [1.82, 2.24) is 48.2 Å². The van der Waals surface area contributed by atoms with Gasteiger partial charge >= 0.3 is 0 Å². The van der Waals surface area contributed by atoms with Gasteiger partial charge in [0, 0.05) is 87.8 Å². The summed E-state index contributed by atoms with van der Waals surface area (Å²) >= 11 is 0. The molecular formula is C96H60N10. The Kier molecular flexibility index (Phi) is 14.0. The molecule has 10 heteroatoms. The number of hydrogen-bond donors (Lipinski definition) is 0. The summed E-state index contributed by atoms with van der Waals surface area (Å²) in [6, 6.07) is 129. The molecule has 21 aromatic rings. The molecule has 0 saturated heterocycles. The molecule has 0 atom stereocenters. The first-order valence-corrected chi connectivity index (χ1v) is 35.8. The summed E-state index contributed by atoms with van der Waals surface area (Å²) in [5.74, 6) is 3.41. The summed E-state index contributed by atoms with van der Waals surface area (Å²) in [6.45, 7) is 0. The number of nitrogens with zero attached hydrogens (tertiary/aromatic N) is 10. The van der Waals surface area contributed by atoms with Gasteiger partial charge in [0.15, 0.2) is 34.9 Å². The van der Waals surface area contributed by atoms with Crippen LogP contribution < -0.4 is 0 Å². The van der Waals surface area contributed by atoms with E-state index in [1.54, 1.807) is 0 Å². The summed E-state index contributed by atoms with van der Waals surface area (Å²) < 4.78 is 9.55. The first-order chi connectivity index (χ1) is 52.6. The fraction of sp³-hybridized carbons (Fsp3) is 0. The maximum atomic E-state index is 5.56. The van der Waals surface area contributed by atoms with E-state index in [1.165, 1.54) is 27.1 Å². The molecule has 494 valence electrons. The molecule has 6 aromatic heterocycles. The highest BCUT2D eigenvalue weighted by atomic mass is 15.1. The molecule has 6 heterocycles. The van der Waals surface area contributed by atoms with Crippen molar-refractivity contribution in [2.24, 2.45) is 0 Å². The molecule has 0 aliphatic carbocycles. The van der Waals surface area contributed by atoms with E-state index in [0.717, 1.165) is 139 Å². The lowest BCUT2D eigenvalue weighted by molar-refractivity contribution is 1.06. The first kappa shape index (κ1) is 60.3. The molecule has 0 spiro atoms. The Morgan fingerprint density at radius 2 is 0.538 bits per heavy atom. The van der Waals surface area contributed by atoms with Crippen molar-refractivity contribution in [2.75, 3.05) is 0 Å². The molecule has 106 heavy (non-hydrogen) atoms. The minimum absolute atomic E-state index is 0.553. The van der Waals surface area contributed by atoms with Gasteiger partial charge in [-0.3, -0.25) is 0 Å². The quantitative estimate of drug-likeness (QED) is 0.121. The SMILES string of the molecule is c1ccc(-c2nc(-c3cccc(-c4cccc5c4c4ccccc4n5-c4cc(-n5c6ccccc6c6ccccc65)ccc4-c4nc(-c5ccccc5)nc(-c5ccccc5)n4)c3)nc(-c3ccccc3-n3c4ccccc4c4ccc(-c5ccc6c(c5)c5ccccc5n6-c5ccccc5)cc43)n2)cc1. The van der Waals surface area contributed by atoms with Crippen LogP contribution in [0.4, 0.5) is 0 Å². The lowest BCUT2D eigenvalue weighted by atomic mass is 9.97. The zero-order valence-corrected chi connectivity index (χ0v) is 57.1. The second-order valence-electron chi connectivity index (χ2n) is 26.9. The topological polar surface area (TPSA) is 97.1 Å². The third-order valence-electron chi connectivity index (χ3n) is 20.9. The molecule has 0 aliphatic rings. The van der Waals surface area contributed by atoms with Crippen molar-refractivity contribution in [3.05, 3.63) is 364 Å². The molecule has 10 nitrogen and oxygen atoms in total. The molecule has 0 amide bonds.